The van der Waals surface area contributed by atoms with Crippen molar-refractivity contribution >= 4 is 34.0 Å². The maximum atomic E-state index is 11.7. The Bertz CT molecular complexity index is 677. The van der Waals surface area contributed by atoms with Gasteiger partial charge in [0.1, 0.15) is 6.29 Å². The number of allylic oxidation sites excluding steroid dienone is 1. The van der Waals surface area contributed by atoms with Gasteiger partial charge in [-0.25, -0.2) is 0 Å². The molecule has 1 atom stereocenters. The molecule has 3 rings (SSSR count). The van der Waals surface area contributed by atoms with E-state index in [0.717, 1.165) is 16.3 Å². The highest BCUT2D eigenvalue weighted by molar-refractivity contribution is 9.10. The Morgan fingerprint density at radius 1 is 1.30 bits per heavy atom. The van der Waals surface area contributed by atoms with Gasteiger partial charge in [-0.3, -0.25) is 4.99 Å². The van der Waals surface area contributed by atoms with Crippen molar-refractivity contribution in [2.45, 2.75) is 5.41 Å². The second-order valence-electron chi connectivity index (χ2n) is 4.49. The maximum Gasteiger partial charge on any atom is 0.214 e. The second-order valence-corrected chi connectivity index (χ2v) is 5.41. The minimum atomic E-state index is -0.786. The number of dihydropyridines is 1. The lowest BCUT2D eigenvalue weighted by molar-refractivity contribution is -0.110. The number of aliphatic imine (C=N–C) groups is 1. The molecule has 1 aliphatic rings. The molecule has 2 heterocycles. The van der Waals surface area contributed by atoms with Gasteiger partial charge >= 0.3 is 0 Å². The molecule has 1 unspecified atom stereocenters. The van der Waals surface area contributed by atoms with Crippen LogP contribution in [0.1, 0.15) is 11.4 Å². The first kappa shape index (κ1) is 12.9. The molecule has 0 radical (unpaired) electrons. The van der Waals surface area contributed by atoms with E-state index in [1.54, 1.807) is 6.21 Å². The fourth-order valence-corrected chi connectivity index (χ4v) is 2.41. The molecule has 1 aromatic carbocycles. The number of aromatic nitrogens is 2. The molecule has 0 bridgehead atoms. The predicted molar refractivity (Wildman–Crippen MR) is 77.5 cm³/mol. The zero-order valence-corrected chi connectivity index (χ0v) is 11.9. The molecule has 0 saturated heterocycles. The molecule has 2 aromatic rings. The number of carbonyl (C=O) groups excluding carboxylic acids is 1. The standard InChI is InChI=1S/C14H10BrN3O2/c15-12-3-1-11(2-4-12)14(8-19)5-10(6-16-7-14)13-17-9-20-18-13/h1-6,8-9H,7H2. The molecular weight excluding hydrogens is 322 g/mol. The lowest BCUT2D eigenvalue weighted by Crippen LogP contribution is -2.32. The number of hydrogen-bond acceptors (Lipinski definition) is 5. The van der Waals surface area contributed by atoms with Crippen LogP contribution in [0.5, 0.6) is 0 Å². The largest absolute Gasteiger partial charge is 0.342 e. The molecule has 6 heteroatoms. The number of benzene rings is 1. The summed E-state index contributed by atoms with van der Waals surface area (Å²) in [6.45, 7) is 0.374. The monoisotopic (exact) mass is 331 g/mol. The predicted octanol–water partition coefficient (Wildman–Crippen LogP) is 2.44. The molecule has 1 aromatic heterocycles. The van der Waals surface area contributed by atoms with Gasteiger partial charge in [0, 0.05) is 16.3 Å². The van der Waals surface area contributed by atoms with Crippen LogP contribution in [-0.4, -0.2) is 29.2 Å². The highest BCUT2D eigenvalue weighted by atomic mass is 79.9. The minimum absolute atomic E-state index is 0.374. The number of nitrogens with zero attached hydrogens (tertiary/aromatic N) is 3. The summed E-state index contributed by atoms with van der Waals surface area (Å²) in [5, 5.41) is 3.78. The molecule has 1 aliphatic heterocycles. The summed E-state index contributed by atoms with van der Waals surface area (Å²) in [4.78, 5) is 20.0. The summed E-state index contributed by atoms with van der Waals surface area (Å²) in [6, 6.07) is 7.62. The second kappa shape index (κ2) is 5.13. The van der Waals surface area contributed by atoms with E-state index in [-0.39, 0.29) is 0 Å². The molecular formula is C14H10BrN3O2. The first-order valence-corrected chi connectivity index (χ1v) is 6.75. The van der Waals surface area contributed by atoms with Crippen LogP contribution >= 0.6 is 15.9 Å². The Balaban J connectivity index is 2.07. The van der Waals surface area contributed by atoms with Gasteiger partial charge in [-0.2, -0.15) is 4.98 Å². The van der Waals surface area contributed by atoms with Crippen LogP contribution in [-0.2, 0) is 10.2 Å². The van der Waals surface area contributed by atoms with E-state index in [1.165, 1.54) is 6.39 Å². The number of rotatable bonds is 3. The minimum Gasteiger partial charge on any atom is -0.342 e. The van der Waals surface area contributed by atoms with Crippen LogP contribution in [0.25, 0.3) is 5.57 Å². The van der Waals surface area contributed by atoms with E-state index >= 15 is 0 Å². The normalized spacial score (nSPS) is 21.6. The Morgan fingerprint density at radius 2 is 2.10 bits per heavy atom. The number of hydrogen-bond donors (Lipinski definition) is 0. The van der Waals surface area contributed by atoms with Crippen molar-refractivity contribution in [3.8, 4) is 0 Å². The van der Waals surface area contributed by atoms with Gasteiger partial charge in [0.25, 0.3) is 0 Å². The van der Waals surface area contributed by atoms with Crippen molar-refractivity contribution in [2.24, 2.45) is 4.99 Å². The summed E-state index contributed by atoms with van der Waals surface area (Å²) in [7, 11) is 0. The number of aldehydes is 1. The topological polar surface area (TPSA) is 68.3 Å². The van der Waals surface area contributed by atoms with Gasteiger partial charge in [0.15, 0.2) is 0 Å². The molecule has 100 valence electrons. The summed E-state index contributed by atoms with van der Waals surface area (Å²) in [5.74, 6) is 0.428. The zero-order chi connectivity index (χ0) is 14.0. The third kappa shape index (κ3) is 2.22. The highest BCUT2D eigenvalue weighted by Gasteiger charge is 2.32. The quantitative estimate of drug-likeness (QED) is 0.810. The summed E-state index contributed by atoms with van der Waals surface area (Å²) >= 11 is 3.39. The molecule has 20 heavy (non-hydrogen) atoms. The van der Waals surface area contributed by atoms with Crippen LogP contribution in [0.2, 0.25) is 0 Å². The Kier molecular flexibility index (Phi) is 3.31. The molecule has 5 nitrogen and oxygen atoms in total. The van der Waals surface area contributed by atoms with Crippen molar-refractivity contribution in [3.63, 3.8) is 0 Å². The van der Waals surface area contributed by atoms with Gasteiger partial charge in [-0.05, 0) is 17.7 Å². The van der Waals surface area contributed by atoms with E-state index in [1.807, 2.05) is 30.3 Å². The summed E-state index contributed by atoms with van der Waals surface area (Å²) in [6.07, 6.45) is 5.65. The van der Waals surface area contributed by atoms with Gasteiger partial charge in [-0.1, -0.05) is 39.3 Å². The van der Waals surface area contributed by atoms with Crippen molar-refractivity contribution in [2.75, 3.05) is 6.54 Å². The van der Waals surface area contributed by atoms with Gasteiger partial charge in [0.05, 0.1) is 12.0 Å². The van der Waals surface area contributed by atoms with E-state index in [9.17, 15) is 4.79 Å². The number of carbonyl (C=O) groups is 1. The Labute approximate surface area is 123 Å². The third-order valence-corrected chi connectivity index (χ3v) is 3.74. The SMILES string of the molecule is O=CC1(c2ccc(Br)cc2)C=C(c2ncon2)C=NC1. The fraction of sp³-hybridized carbons (Fsp3) is 0.143. The lowest BCUT2D eigenvalue weighted by Gasteiger charge is -2.26. The Morgan fingerprint density at radius 3 is 2.75 bits per heavy atom. The van der Waals surface area contributed by atoms with Crippen LogP contribution in [0, 0.1) is 0 Å². The smallest absolute Gasteiger partial charge is 0.214 e. The molecule has 0 fully saturated rings. The fourth-order valence-electron chi connectivity index (χ4n) is 2.15. The van der Waals surface area contributed by atoms with Gasteiger partial charge < -0.3 is 9.32 Å². The third-order valence-electron chi connectivity index (χ3n) is 3.21. The van der Waals surface area contributed by atoms with Gasteiger partial charge in [-0.15, -0.1) is 0 Å². The molecule has 0 saturated carbocycles. The zero-order valence-electron chi connectivity index (χ0n) is 10.4. The highest BCUT2D eigenvalue weighted by Crippen LogP contribution is 2.30. The van der Waals surface area contributed by atoms with E-state index in [0.29, 0.717) is 17.9 Å². The van der Waals surface area contributed by atoms with E-state index in [2.05, 4.69) is 31.1 Å². The van der Waals surface area contributed by atoms with Crippen molar-refractivity contribution in [1.82, 2.24) is 10.1 Å². The molecule has 0 N–H and O–H groups in total. The van der Waals surface area contributed by atoms with Crippen LogP contribution in [0.15, 0.2) is 50.7 Å². The average molecular weight is 332 g/mol. The van der Waals surface area contributed by atoms with Crippen LogP contribution < -0.4 is 0 Å². The molecule has 0 spiro atoms. The van der Waals surface area contributed by atoms with Crippen LogP contribution in [0.4, 0.5) is 0 Å². The summed E-state index contributed by atoms with van der Waals surface area (Å²) in [5.41, 5.74) is 0.777. The lowest BCUT2D eigenvalue weighted by atomic mass is 9.79. The molecule has 0 amide bonds. The van der Waals surface area contributed by atoms with E-state index < -0.39 is 5.41 Å². The van der Waals surface area contributed by atoms with Crippen molar-refractivity contribution < 1.29 is 9.32 Å². The van der Waals surface area contributed by atoms with Gasteiger partial charge in [0.2, 0.25) is 12.2 Å². The average Bonchev–Trinajstić information content (AvgIpc) is 3.02. The number of halogens is 1. The maximum absolute atomic E-state index is 11.7. The first-order chi connectivity index (χ1) is 9.73. The first-order valence-electron chi connectivity index (χ1n) is 5.95. The Hall–Kier alpha value is -2.08. The van der Waals surface area contributed by atoms with Crippen molar-refractivity contribution in [3.05, 3.63) is 52.6 Å². The van der Waals surface area contributed by atoms with Crippen LogP contribution in [0.3, 0.4) is 0 Å². The van der Waals surface area contributed by atoms with E-state index in [4.69, 9.17) is 4.52 Å². The summed E-state index contributed by atoms with van der Waals surface area (Å²) < 4.78 is 5.69. The van der Waals surface area contributed by atoms with Crippen molar-refractivity contribution in [1.29, 1.82) is 0 Å². The molecule has 0 aliphatic carbocycles.